The summed E-state index contributed by atoms with van der Waals surface area (Å²) in [6.07, 6.45) is 8.25. The number of nitrogens with one attached hydrogen (secondary N) is 1. The monoisotopic (exact) mass is 523 g/mol. The number of aromatic nitrogens is 3. The van der Waals surface area contributed by atoms with Gasteiger partial charge in [-0.15, -0.1) is 0 Å². The molecule has 8 aromatic rings. The van der Waals surface area contributed by atoms with Crippen molar-refractivity contribution >= 4 is 55.2 Å². The quantitative estimate of drug-likeness (QED) is 0.257. The Balaban J connectivity index is 1.35. The molecule has 0 bridgehead atoms. The van der Waals surface area contributed by atoms with E-state index in [4.69, 9.17) is 9.97 Å². The Labute approximate surface area is 236 Å². The molecule has 0 aliphatic rings. The van der Waals surface area contributed by atoms with Gasteiger partial charge in [-0.2, -0.15) is 0 Å². The Hall–Kier alpha value is -5.54. The zero-order valence-corrected chi connectivity index (χ0v) is 22.3. The van der Waals surface area contributed by atoms with Crippen LogP contribution in [0, 0.1) is 0 Å². The first-order chi connectivity index (χ1) is 20.3. The molecule has 0 unspecified atom stereocenters. The van der Waals surface area contributed by atoms with Crippen molar-refractivity contribution < 1.29 is 0 Å². The van der Waals surface area contributed by atoms with Gasteiger partial charge in [-0.3, -0.25) is 9.97 Å². The molecule has 0 radical (unpaired) electrons. The molecule has 0 spiro atoms. The summed E-state index contributed by atoms with van der Waals surface area (Å²) in [5.74, 6) is 0. The molecule has 0 amide bonds. The molecule has 3 nitrogen and oxygen atoms in total. The normalized spacial score (nSPS) is 12.7. The Bertz CT molecular complexity index is 2380. The summed E-state index contributed by atoms with van der Waals surface area (Å²) in [6.45, 7) is 0. The number of aromatic amines is 1. The average Bonchev–Trinajstić information content (AvgIpc) is 3.38. The summed E-state index contributed by atoms with van der Waals surface area (Å²) in [5, 5.41) is 11.6. The van der Waals surface area contributed by atoms with Crippen LogP contribution in [0.1, 0.15) is 11.3 Å². The Kier molecular flexibility index (Phi) is 5.46. The summed E-state index contributed by atoms with van der Waals surface area (Å²) in [6, 6.07) is 42.6. The van der Waals surface area contributed by atoms with Crippen molar-refractivity contribution in [2.45, 2.75) is 0 Å². The highest BCUT2D eigenvalue weighted by molar-refractivity contribution is 6.08. The zero-order valence-electron chi connectivity index (χ0n) is 22.3. The summed E-state index contributed by atoms with van der Waals surface area (Å²) < 4.78 is 0. The summed E-state index contributed by atoms with van der Waals surface area (Å²) in [7, 11) is 0. The molecule has 0 saturated carbocycles. The molecule has 1 N–H and O–H groups in total. The predicted octanol–water partition coefficient (Wildman–Crippen LogP) is 7.74. The fraction of sp³-hybridized carbons (Fsp3) is 0. The van der Waals surface area contributed by atoms with Gasteiger partial charge in [0, 0.05) is 50.2 Å². The number of benzene rings is 5. The van der Waals surface area contributed by atoms with Crippen LogP contribution < -0.4 is 10.7 Å². The predicted molar refractivity (Wildman–Crippen MR) is 171 cm³/mol. The molecular weight excluding hydrogens is 498 g/mol. The number of rotatable bonds is 3. The van der Waals surface area contributed by atoms with Gasteiger partial charge in [0.2, 0.25) is 0 Å². The van der Waals surface area contributed by atoms with Crippen molar-refractivity contribution in [2.24, 2.45) is 0 Å². The van der Waals surface area contributed by atoms with Crippen molar-refractivity contribution in [1.29, 1.82) is 0 Å². The minimum atomic E-state index is 0.954. The smallest absolute Gasteiger partial charge is 0.0728 e. The first-order valence-corrected chi connectivity index (χ1v) is 13.8. The molecule has 0 aliphatic carbocycles. The van der Waals surface area contributed by atoms with E-state index in [0.717, 1.165) is 44.0 Å². The fourth-order valence-corrected chi connectivity index (χ4v) is 5.87. The molecule has 0 atom stereocenters. The first kappa shape index (κ1) is 23.4. The van der Waals surface area contributed by atoms with Gasteiger partial charge in [-0.1, -0.05) is 103 Å². The van der Waals surface area contributed by atoms with Gasteiger partial charge in [0.05, 0.1) is 11.4 Å². The van der Waals surface area contributed by atoms with Gasteiger partial charge in [0.15, 0.2) is 0 Å². The Morgan fingerprint density at radius 1 is 0.512 bits per heavy atom. The highest BCUT2D eigenvalue weighted by atomic mass is 14.7. The molecule has 3 heteroatoms. The number of fused-ring (bicyclic) bond motifs is 5. The van der Waals surface area contributed by atoms with Crippen LogP contribution in [0.2, 0.25) is 0 Å². The van der Waals surface area contributed by atoms with Crippen molar-refractivity contribution in [3.05, 3.63) is 156 Å². The number of pyridine rings is 2. The van der Waals surface area contributed by atoms with Crippen LogP contribution in [-0.2, 0) is 0 Å². The third kappa shape index (κ3) is 4.16. The molecule has 0 saturated heterocycles. The highest BCUT2D eigenvalue weighted by Gasteiger charge is 2.08. The SMILES string of the molecule is C(/c1cccc(-c2cc3ccccc3cn2)c1)=c1/[nH]/c(=C\c2nccc3ccccc23)c2c1ccc1ccccc12. The van der Waals surface area contributed by atoms with Crippen LogP contribution in [0.15, 0.2) is 134 Å². The minimum absolute atomic E-state index is 0.954. The van der Waals surface area contributed by atoms with Gasteiger partial charge in [0.25, 0.3) is 0 Å². The molecule has 0 fully saturated rings. The van der Waals surface area contributed by atoms with E-state index in [9.17, 15) is 0 Å². The molecule has 192 valence electrons. The number of hydrogen-bond donors (Lipinski definition) is 1. The zero-order chi connectivity index (χ0) is 27.2. The van der Waals surface area contributed by atoms with Crippen molar-refractivity contribution in [2.75, 3.05) is 0 Å². The van der Waals surface area contributed by atoms with Crippen LogP contribution in [0.4, 0.5) is 0 Å². The van der Waals surface area contributed by atoms with Crippen molar-refractivity contribution in [3.8, 4) is 11.3 Å². The van der Waals surface area contributed by atoms with Crippen LogP contribution >= 0.6 is 0 Å². The summed E-state index contributed by atoms with van der Waals surface area (Å²) >= 11 is 0. The Morgan fingerprint density at radius 3 is 2.15 bits per heavy atom. The second-order valence-corrected chi connectivity index (χ2v) is 10.4. The van der Waals surface area contributed by atoms with Crippen molar-refractivity contribution in [3.63, 3.8) is 0 Å². The van der Waals surface area contributed by atoms with Crippen LogP contribution in [0.5, 0.6) is 0 Å². The van der Waals surface area contributed by atoms with Gasteiger partial charge in [0.1, 0.15) is 0 Å². The summed E-state index contributed by atoms with van der Waals surface area (Å²) in [5.41, 5.74) is 4.13. The lowest BCUT2D eigenvalue weighted by atomic mass is 10.0. The third-order valence-electron chi connectivity index (χ3n) is 7.87. The average molecular weight is 524 g/mol. The van der Waals surface area contributed by atoms with Crippen LogP contribution in [0.3, 0.4) is 0 Å². The highest BCUT2D eigenvalue weighted by Crippen LogP contribution is 2.25. The van der Waals surface area contributed by atoms with Gasteiger partial charge >= 0.3 is 0 Å². The van der Waals surface area contributed by atoms with E-state index in [0.29, 0.717) is 0 Å². The van der Waals surface area contributed by atoms with E-state index in [1.807, 2.05) is 18.5 Å². The largest absolute Gasteiger partial charge is 0.354 e. The molecule has 3 heterocycles. The maximum Gasteiger partial charge on any atom is 0.0728 e. The fourth-order valence-electron chi connectivity index (χ4n) is 5.87. The molecule has 8 rings (SSSR count). The number of nitrogens with zero attached hydrogens (tertiary/aromatic N) is 2. The van der Waals surface area contributed by atoms with E-state index >= 15 is 0 Å². The van der Waals surface area contributed by atoms with Crippen LogP contribution in [-0.4, -0.2) is 15.0 Å². The first-order valence-electron chi connectivity index (χ1n) is 13.8. The van der Waals surface area contributed by atoms with E-state index in [2.05, 4.69) is 132 Å². The number of H-pyrrole nitrogens is 1. The topological polar surface area (TPSA) is 41.6 Å². The number of hydrogen-bond acceptors (Lipinski definition) is 2. The lowest BCUT2D eigenvalue weighted by molar-refractivity contribution is 1.26. The van der Waals surface area contributed by atoms with E-state index in [-0.39, 0.29) is 0 Å². The van der Waals surface area contributed by atoms with Gasteiger partial charge in [-0.25, -0.2) is 0 Å². The minimum Gasteiger partial charge on any atom is -0.354 e. The summed E-state index contributed by atoms with van der Waals surface area (Å²) in [4.78, 5) is 13.3. The third-order valence-corrected chi connectivity index (χ3v) is 7.87. The Morgan fingerprint density at radius 2 is 1.27 bits per heavy atom. The molecule has 0 aliphatic heterocycles. The molecule has 3 aromatic heterocycles. The maximum atomic E-state index is 4.76. The molecule has 41 heavy (non-hydrogen) atoms. The standard InChI is InChI=1S/C38H25N3/c1-2-12-30-24-40-34(22-28(30)11-1)29-13-7-8-25(20-29)21-36-33-17-16-26-9-4-6-15-32(26)38(33)37(41-36)23-35-31-14-5-3-10-27(31)18-19-39-35/h1-24,41H/b36-21-,37-23-. The molecule has 5 aromatic carbocycles. The lowest BCUT2D eigenvalue weighted by Crippen LogP contribution is -2.10. The molecular formula is C38H25N3. The van der Waals surface area contributed by atoms with Crippen LogP contribution in [0.25, 0.3) is 66.5 Å². The second-order valence-electron chi connectivity index (χ2n) is 10.4. The van der Waals surface area contributed by atoms with Gasteiger partial charge in [-0.05, 0) is 57.5 Å². The second kappa shape index (κ2) is 9.58. The van der Waals surface area contributed by atoms with E-state index in [1.165, 1.54) is 32.3 Å². The maximum absolute atomic E-state index is 4.76. The van der Waals surface area contributed by atoms with E-state index in [1.54, 1.807) is 0 Å². The lowest BCUT2D eigenvalue weighted by Gasteiger charge is -2.04. The van der Waals surface area contributed by atoms with Gasteiger partial charge < -0.3 is 4.98 Å². The van der Waals surface area contributed by atoms with Crippen molar-refractivity contribution in [1.82, 2.24) is 15.0 Å². The van der Waals surface area contributed by atoms with E-state index < -0.39 is 0 Å².